The first kappa shape index (κ1) is 12.1. The molecule has 1 heterocycles. The molecule has 0 aromatic heterocycles. The van der Waals surface area contributed by atoms with Crippen molar-refractivity contribution in [2.45, 2.75) is 12.2 Å². The van der Waals surface area contributed by atoms with Crippen LogP contribution in [0.2, 0.25) is 0 Å². The zero-order valence-corrected chi connectivity index (χ0v) is 9.65. The summed E-state index contributed by atoms with van der Waals surface area (Å²) in [7, 11) is 0. The normalized spacial score (nSPS) is 17.6. The van der Waals surface area contributed by atoms with Gasteiger partial charge in [-0.25, -0.2) is 0 Å². The molecule has 2 unspecified atom stereocenters. The Kier molecular flexibility index (Phi) is 3.19. The lowest BCUT2D eigenvalue weighted by molar-refractivity contribution is -0.112. The highest BCUT2D eigenvalue weighted by molar-refractivity contribution is 7.80. The van der Waals surface area contributed by atoms with Crippen LogP contribution in [0.1, 0.15) is 22.0 Å². The molecule has 6 heteroatoms. The smallest absolute Gasteiger partial charge is 0.296 e. The molecule has 1 aromatic rings. The summed E-state index contributed by atoms with van der Waals surface area (Å²) in [6.45, 7) is 0. The number of carbonyl (C=O) groups excluding carboxylic acids is 2. The highest BCUT2D eigenvalue weighted by Crippen LogP contribution is 2.27. The molecule has 0 fully saturated rings. The molecule has 0 bridgehead atoms. The molecule has 2 atom stereocenters. The molecular weight excluding hydrogens is 242 g/mol. The van der Waals surface area contributed by atoms with E-state index in [2.05, 4.69) is 17.9 Å². The van der Waals surface area contributed by atoms with Gasteiger partial charge in [0.15, 0.2) is 0 Å². The predicted molar refractivity (Wildman–Crippen MR) is 64.2 cm³/mol. The molecule has 0 radical (unpaired) electrons. The lowest BCUT2D eigenvalue weighted by Gasteiger charge is -2.16. The number of carbonyl (C=O) groups is 2. The molecule has 3 N–H and O–H groups in total. The number of anilines is 1. The maximum atomic E-state index is 11.4. The third-order valence-corrected chi connectivity index (χ3v) is 3.01. The summed E-state index contributed by atoms with van der Waals surface area (Å²) in [6.07, 6.45) is -2.14. The topological polar surface area (TPSA) is 86.6 Å². The molecule has 1 amide bonds. The standard InChI is InChI=1S/C11H11NO4S/c13-8(4-17)9(14)5-1-2-7-6(3-5)10(15)11(16)12-7/h1-3,8-9,13-14,17H,4H2,(H,12,15,16). The summed E-state index contributed by atoms with van der Waals surface area (Å²) < 4.78 is 0. The second kappa shape index (κ2) is 4.48. The number of aliphatic hydroxyl groups is 2. The third kappa shape index (κ3) is 2.06. The summed E-state index contributed by atoms with van der Waals surface area (Å²) >= 11 is 3.88. The Bertz CT molecular complexity index is 488. The molecule has 5 nitrogen and oxygen atoms in total. The number of thiol groups is 1. The van der Waals surface area contributed by atoms with Crippen LogP contribution in [0.5, 0.6) is 0 Å². The predicted octanol–water partition coefficient (Wildman–Crippen LogP) is 0.146. The Morgan fingerprint density at radius 3 is 2.65 bits per heavy atom. The summed E-state index contributed by atoms with van der Waals surface area (Å²) in [5, 5.41) is 21.6. The monoisotopic (exact) mass is 253 g/mol. The van der Waals surface area contributed by atoms with Crippen LogP contribution in [0.3, 0.4) is 0 Å². The molecule has 0 saturated carbocycles. The van der Waals surface area contributed by atoms with Gasteiger partial charge in [0.25, 0.3) is 11.7 Å². The van der Waals surface area contributed by atoms with Crippen LogP contribution in [-0.2, 0) is 4.79 Å². The third-order valence-electron chi connectivity index (χ3n) is 2.64. The first-order chi connectivity index (χ1) is 8.04. The van der Waals surface area contributed by atoms with Gasteiger partial charge in [-0.15, -0.1) is 0 Å². The number of amides is 1. The molecule has 17 heavy (non-hydrogen) atoms. The molecular formula is C11H11NO4S. The van der Waals surface area contributed by atoms with Crippen molar-refractivity contribution in [1.82, 2.24) is 0 Å². The molecule has 1 aliphatic heterocycles. The van der Waals surface area contributed by atoms with Crippen LogP contribution in [0.25, 0.3) is 0 Å². The summed E-state index contributed by atoms with van der Waals surface area (Å²) in [4.78, 5) is 22.6. The van der Waals surface area contributed by atoms with E-state index in [1.54, 1.807) is 6.07 Å². The lowest BCUT2D eigenvalue weighted by Crippen LogP contribution is -2.20. The van der Waals surface area contributed by atoms with E-state index in [-0.39, 0.29) is 11.3 Å². The fraction of sp³-hybridized carbons (Fsp3) is 0.273. The van der Waals surface area contributed by atoms with Crippen molar-refractivity contribution in [3.8, 4) is 0 Å². The minimum Gasteiger partial charge on any atom is -0.389 e. The minimum atomic E-state index is -1.12. The van der Waals surface area contributed by atoms with Gasteiger partial charge in [0.1, 0.15) is 6.10 Å². The quantitative estimate of drug-likeness (QED) is 0.456. The van der Waals surface area contributed by atoms with Gasteiger partial charge < -0.3 is 15.5 Å². The van der Waals surface area contributed by atoms with E-state index in [1.807, 2.05) is 0 Å². The Morgan fingerprint density at radius 1 is 1.29 bits per heavy atom. The highest BCUT2D eigenvalue weighted by atomic mass is 32.1. The number of Topliss-reactive ketones (excluding diaryl/α,β-unsaturated/α-hetero) is 1. The van der Waals surface area contributed by atoms with Gasteiger partial charge in [0.2, 0.25) is 0 Å². The number of nitrogens with one attached hydrogen (secondary N) is 1. The molecule has 0 saturated heterocycles. The van der Waals surface area contributed by atoms with Gasteiger partial charge in [0, 0.05) is 5.75 Å². The van der Waals surface area contributed by atoms with Crippen LogP contribution in [0.15, 0.2) is 18.2 Å². The fourth-order valence-electron chi connectivity index (χ4n) is 1.67. The summed E-state index contributed by atoms with van der Waals surface area (Å²) in [6, 6.07) is 4.49. The minimum absolute atomic E-state index is 0.101. The molecule has 0 aliphatic carbocycles. The van der Waals surface area contributed by atoms with Crippen LogP contribution >= 0.6 is 12.6 Å². The van der Waals surface area contributed by atoms with Crippen molar-refractivity contribution >= 4 is 30.0 Å². The number of ketones is 1. The zero-order valence-electron chi connectivity index (χ0n) is 8.75. The number of aliphatic hydroxyl groups excluding tert-OH is 2. The fourth-order valence-corrected chi connectivity index (χ4v) is 1.87. The van der Waals surface area contributed by atoms with Gasteiger partial charge in [-0.3, -0.25) is 9.59 Å². The summed E-state index contributed by atoms with van der Waals surface area (Å²) in [5.74, 6) is -1.21. The molecule has 1 aromatic carbocycles. The Labute approximate surface area is 103 Å². The van der Waals surface area contributed by atoms with Crippen LogP contribution in [0.4, 0.5) is 5.69 Å². The number of rotatable bonds is 3. The lowest BCUT2D eigenvalue weighted by atomic mass is 10.0. The average Bonchev–Trinajstić information content (AvgIpc) is 2.63. The van der Waals surface area contributed by atoms with Crippen molar-refractivity contribution in [3.63, 3.8) is 0 Å². The Hall–Kier alpha value is -1.37. The van der Waals surface area contributed by atoms with Gasteiger partial charge in [0.05, 0.1) is 17.4 Å². The van der Waals surface area contributed by atoms with Crippen molar-refractivity contribution in [3.05, 3.63) is 29.3 Å². The number of hydrogen-bond donors (Lipinski definition) is 4. The second-order valence-corrected chi connectivity index (χ2v) is 4.15. The van der Waals surface area contributed by atoms with Gasteiger partial charge >= 0.3 is 0 Å². The van der Waals surface area contributed by atoms with E-state index in [0.29, 0.717) is 11.3 Å². The van der Waals surface area contributed by atoms with Crippen LogP contribution in [-0.4, -0.2) is 33.8 Å². The van der Waals surface area contributed by atoms with Gasteiger partial charge in [-0.1, -0.05) is 6.07 Å². The van der Waals surface area contributed by atoms with Crippen LogP contribution < -0.4 is 5.32 Å². The van der Waals surface area contributed by atoms with E-state index in [0.717, 1.165) is 0 Å². The molecule has 2 rings (SSSR count). The zero-order chi connectivity index (χ0) is 12.6. The Morgan fingerprint density at radius 2 is 2.00 bits per heavy atom. The number of fused-ring (bicyclic) bond motifs is 1. The molecule has 90 valence electrons. The van der Waals surface area contributed by atoms with Crippen LogP contribution in [0, 0.1) is 0 Å². The maximum absolute atomic E-state index is 11.4. The average molecular weight is 253 g/mol. The van der Waals surface area contributed by atoms with E-state index in [9.17, 15) is 19.8 Å². The summed E-state index contributed by atoms with van der Waals surface area (Å²) in [5.41, 5.74) is 1.03. The largest absolute Gasteiger partial charge is 0.389 e. The van der Waals surface area contributed by atoms with Gasteiger partial charge in [-0.05, 0) is 17.7 Å². The molecule has 0 spiro atoms. The maximum Gasteiger partial charge on any atom is 0.296 e. The van der Waals surface area contributed by atoms with E-state index in [1.165, 1.54) is 12.1 Å². The highest BCUT2D eigenvalue weighted by Gasteiger charge is 2.29. The number of benzene rings is 1. The van der Waals surface area contributed by atoms with Crippen molar-refractivity contribution in [1.29, 1.82) is 0 Å². The van der Waals surface area contributed by atoms with Crippen molar-refractivity contribution in [2.75, 3.05) is 11.1 Å². The number of hydrogen-bond acceptors (Lipinski definition) is 5. The first-order valence-electron chi connectivity index (χ1n) is 5.01. The van der Waals surface area contributed by atoms with Gasteiger partial charge in [-0.2, -0.15) is 12.6 Å². The van der Waals surface area contributed by atoms with E-state index in [4.69, 9.17) is 0 Å². The SMILES string of the molecule is O=C1Nc2ccc(C(O)C(O)CS)cc2C1=O. The Balaban J connectivity index is 2.35. The molecule has 1 aliphatic rings. The first-order valence-corrected chi connectivity index (χ1v) is 5.64. The van der Waals surface area contributed by atoms with Crippen molar-refractivity contribution < 1.29 is 19.8 Å². The second-order valence-electron chi connectivity index (χ2n) is 3.78. The van der Waals surface area contributed by atoms with E-state index >= 15 is 0 Å². The van der Waals surface area contributed by atoms with E-state index < -0.39 is 23.9 Å². The van der Waals surface area contributed by atoms with Crippen molar-refractivity contribution in [2.24, 2.45) is 0 Å².